The van der Waals surface area contributed by atoms with E-state index >= 15 is 0 Å². The number of aryl methyl sites for hydroxylation is 2. The Morgan fingerprint density at radius 1 is 1.35 bits per heavy atom. The summed E-state index contributed by atoms with van der Waals surface area (Å²) in [6.45, 7) is 4.10. The number of hydrogen-bond acceptors (Lipinski definition) is 6. The Morgan fingerprint density at radius 2 is 2.15 bits per heavy atom. The number of carbonyl (C=O) groups excluding carboxylic acids is 1. The quantitative estimate of drug-likeness (QED) is 0.753. The summed E-state index contributed by atoms with van der Waals surface area (Å²) in [5.41, 5.74) is 3.30. The lowest BCUT2D eigenvalue weighted by molar-refractivity contribution is -0.114. The van der Waals surface area contributed by atoms with Gasteiger partial charge < -0.3 is 16.0 Å². The van der Waals surface area contributed by atoms with Gasteiger partial charge in [-0.05, 0) is 13.8 Å². The van der Waals surface area contributed by atoms with Gasteiger partial charge in [0, 0.05) is 7.05 Å². The van der Waals surface area contributed by atoms with Crippen molar-refractivity contribution in [1.29, 1.82) is 0 Å². The van der Waals surface area contributed by atoms with Crippen LogP contribution in [0.2, 0.25) is 0 Å². The molecule has 0 aliphatic carbocycles. The summed E-state index contributed by atoms with van der Waals surface area (Å²) in [4.78, 5) is 19.8. The predicted molar refractivity (Wildman–Crippen MR) is 75.1 cm³/mol. The van der Waals surface area contributed by atoms with Crippen molar-refractivity contribution in [1.82, 2.24) is 19.7 Å². The molecule has 0 unspecified atom stereocenters. The highest BCUT2D eigenvalue weighted by atomic mass is 16.2. The third kappa shape index (κ3) is 1.94. The van der Waals surface area contributed by atoms with Gasteiger partial charge in [-0.15, -0.1) is 0 Å². The van der Waals surface area contributed by atoms with Crippen molar-refractivity contribution in [3.8, 4) is 0 Å². The number of nitrogens with zero attached hydrogens (tertiary/aromatic N) is 4. The molecule has 0 aromatic carbocycles. The van der Waals surface area contributed by atoms with Crippen LogP contribution in [0.1, 0.15) is 11.4 Å². The first-order valence-corrected chi connectivity index (χ1v) is 6.22. The SMILES string of the molecule is Cc1nn(C)c(C)c1Nc1ncnc2c1NC(=O)CN2. The van der Waals surface area contributed by atoms with E-state index in [4.69, 9.17) is 0 Å². The van der Waals surface area contributed by atoms with Crippen molar-refractivity contribution < 1.29 is 4.79 Å². The maximum atomic E-state index is 11.5. The number of nitrogens with one attached hydrogen (secondary N) is 3. The first-order chi connectivity index (χ1) is 9.56. The Hall–Kier alpha value is -2.64. The topological polar surface area (TPSA) is 96.8 Å². The van der Waals surface area contributed by atoms with Gasteiger partial charge in [0.05, 0.1) is 23.6 Å². The summed E-state index contributed by atoms with van der Waals surface area (Å²) in [6.07, 6.45) is 1.45. The first kappa shape index (κ1) is 12.4. The van der Waals surface area contributed by atoms with Crippen LogP contribution in [0.25, 0.3) is 0 Å². The second kappa shape index (κ2) is 4.48. The fourth-order valence-corrected chi connectivity index (χ4v) is 2.15. The summed E-state index contributed by atoms with van der Waals surface area (Å²) in [7, 11) is 1.88. The number of carbonyl (C=O) groups is 1. The second-order valence-electron chi connectivity index (χ2n) is 4.64. The van der Waals surface area contributed by atoms with E-state index in [0.717, 1.165) is 17.1 Å². The van der Waals surface area contributed by atoms with E-state index < -0.39 is 0 Å². The maximum Gasteiger partial charge on any atom is 0.243 e. The van der Waals surface area contributed by atoms with Crippen LogP contribution in [0.15, 0.2) is 6.33 Å². The van der Waals surface area contributed by atoms with Crippen LogP contribution >= 0.6 is 0 Å². The van der Waals surface area contributed by atoms with Gasteiger partial charge in [0.2, 0.25) is 5.91 Å². The van der Waals surface area contributed by atoms with Crippen LogP contribution in [-0.2, 0) is 11.8 Å². The van der Waals surface area contributed by atoms with Gasteiger partial charge >= 0.3 is 0 Å². The van der Waals surface area contributed by atoms with Crippen LogP contribution < -0.4 is 16.0 Å². The molecule has 0 saturated carbocycles. The molecule has 1 aliphatic heterocycles. The molecule has 8 heteroatoms. The first-order valence-electron chi connectivity index (χ1n) is 6.22. The standard InChI is InChI=1S/C12H15N7O/c1-6-9(7(2)19(3)18-6)17-12-10-11(14-5-15-12)13-4-8(20)16-10/h5H,4H2,1-3H3,(H,16,20)(H2,13,14,15,17). The number of anilines is 4. The van der Waals surface area contributed by atoms with E-state index in [1.54, 1.807) is 4.68 Å². The molecule has 3 rings (SSSR count). The lowest BCUT2D eigenvalue weighted by Gasteiger charge is -2.20. The van der Waals surface area contributed by atoms with Gasteiger partial charge in [0.15, 0.2) is 11.6 Å². The molecule has 0 fully saturated rings. The number of hydrogen-bond donors (Lipinski definition) is 3. The van der Waals surface area contributed by atoms with Gasteiger partial charge in [-0.25, -0.2) is 9.97 Å². The van der Waals surface area contributed by atoms with E-state index in [-0.39, 0.29) is 12.5 Å². The molecule has 104 valence electrons. The fraction of sp³-hybridized carbons (Fsp3) is 0.333. The smallest absolute Gasteiger partial charge is 0.243 e. The Kier molecular flexibility index (Phi) is 2.78. The van der Waals surface area contributed by atoms with Crippen LogP contribution in [0.5, 0.6) is 0 Å². The summed E-state index contributed by atoms with van der Waals surface area (Å²) in [6, 6.07) is 0. The largest absolute Gasteiger partial charge is 0.359 e. The molecule has 2 aromatic rings. The van der Waals surface area contributed by atoms with Crippen molar-refractivity contribution in [3.63, 3.8) is 0 Å². The summed E-state index contributed by atoms with van der Waals surface area (Å²) in [5, 5.41) is 13.3. The van der Waals surface area contributed by atoms with Crippen LogP contribution in [0, 0.1) is 13.8 Å². The van der Waals surface area contributed by atoms with Crippen molar-refractivity contribution in [2.45, 2.75) is 13.8 Å². The Balaban J connectivity index is 2.01. The number of amides is 1. The molecule has 3 heterocycles. The molecule has 0 bridgehead atoms. The molecule has 0 atom stereocenters. The van der Waals surface area contributed by atoms with Gasteiger partial charge in [-0.2, -0.15) is 5.10 Å². The van der Waals surface area contributed by atoms with Crippen LogP contribution in [-0.4, -0.2) is 32.2 Å². The Labute approximate surface area is 115 Å². The third-order valence-electron chi connectivity index (χ3n) is 3.28. The Morgan fingerprint density at radius 3 is 2.85 bits per heavy atom. The van der Waals surface area contributed by atoms with Gasteiger partial charge in [-0.1, -0.05) is 0 Å². The van der Waals surface area contributed by atoms with Crippen molar-refractivity contribution >= 4 is 28.9 Å². The zero-order valence-corrected chi connectivity index (χ0v) is 11.5. The number of aromatic nitrogens is 4. The van der Waals surface area contributed by atoms with E-state index in [1.807, 2.05) is 20.9 Å². The minimum absolute atomic E-state index is 0.116. The normalized spacial score (nSPS) is 13.4. The molecular weight excluding hydrogens is 258 g/mol. The average molecular weight is 273 g/mol. The van der Waals surface area contributed by atoms with E-state index in [0.29, 0.717) is 17.3 Å². The van der Waals surface area contributed by atoms with Crippen LogP contribution in [0.4, 0.5) is 23.0 Å². The number of rotatable bonds is 2. The minimum Gasteiger partial charge on any atom is -0.359 e. The van der Waals surface area contributed by atoms with E-state index in [2.05, 4.69) is 31.0 Å². The average Bonchev–Trinajstić information content (AvgIpc) is 2.66. The van der Waals surface area contributed by atoms with Crippen molar-refractivity contribution in [2.75, 3.05) is 22.5 Å². The maximum absolute atomic E-state index is 11.5. The fourth-order valence-electron chi connectivity index (χ4n) is 2.15. The molecule has 20 heavy (non-hydrogen) atoms. The zero-order valence-electron chi connectivity index (χ0n) is 11.5. The van der Waals surface area contributed by atoms with Gasteiger partial charge in [-0.3, -0.25) is 9.48 Å². The molecule has 0 saturated heterocycles. The molecule has 0 radical (unpaired) electrons. The molecule has 2 aromatic heterocycles. The van der Waals surface area contributed by atoms with Crippen LogP contribution in [0.3, 0.4) is 0 Å². The molecule has 1 amide bonds. The second-order valence-corrected chi connectivity index (χ2v) is 4.64. The lowest BCUT2D eigenvalue weighted by atomic mass is 10.3. The summed E-state index contributed by atoms with van der Waals surface area (Å²) < 4.78 is 1.79. The molecule has 1 aliphatic rings. The highest BCUT2D eigenvalue weighted by Crippen LogP contribution is 2.32. The Bertz CT molecular complexity index is 691. The van der Waals surface area contributed by atoms with Gasteiger partial charge in [0.1, 0.15) is 12.0 Å². The highest BCUT2D eigenvalue weighted by molar-refractivity contribution is 6.03. The van der Waals surface area contributed by atoms with E-state index in [9.17, 15) is 4.79 Å². The minimum atomic E-state index is -0.116. The lowest BCUT2D eigenvalue weighted by Crippen LogP contribution is -2.28. The van der Waals surface area contributed by atoms with Crippen molar-refractivity contribution in [2.24, 2.45) is 7.05 Å². The molecule has 0 spiro atoms. The van der Waals surface area contributed by atoms with Crippen molar-refractivity contribution in [3.05, 3.63) is 17.7 Å². The highest BCUT2D eigenvalue weighted by Gasteiger charge is 2.21. The summed E-state index contributed by atoms with van der Waals surface area (Å²) >= 11 is 0. The molecule has 8 nitrogen and oxygen atoms in total. The zero-order chi connectivity index (χ0) is 14.3. The third-order valence-corrected chi connectivity index (χ3v) is 3.28. The monoisotopic (exact) mass is 273 g/mol. The molecular formula is C12H15N7O. The van der Waals surface area contributed by atoms with E-state index in [1.165, 1.54) is 6.33 Å². The van der Waals surface area contributed by atoms with Gasteiger partial charge in [0.25, 0.3) is 0 Å². The molecule has 3 N–H and O–H groups in total. The number of fused-ring (bicyclic) bond motifs is 1. The summed E-state index contributed by atoms with van der Waals surface area (Å²) in [5.74, 6) is 1.05. The predicted octanol–water partition coefficient (Wildman–Crippen LogP) is 0.935.